The maximum absolute atomic E-state index is 9.72. The number of rotatable bonds is 5. The Hall–Kier alpha value is -1.13. The van der Waals surface area contributed by atoms with E-state index in [4.69, 9.17) is 4.74 Å². The summed E-state index contributed by atoms with van der Waals surface area (Å²) in [6.45, 7) is 3.51. The van der Waals surface area contributed by atoms with Crippen LogP contribution in [0, 0.1) is 5.41 Å². The Morgan fingerprint density at radius 1 is 1.53 bits per heavy atom. The van der Waals surface area contributed by atoms with Crippen LogP contribution >= 0.6 is 0 Å². The van der Waals surface area contributed by atoms with E-state index in [-0.39, 0.29) is 5.75 Å². The molecular weight excluding hydrogens is 240 g/mol. The third-order valence-electron chi connectivity index (χ3n) is 4.82. The van der Waals surface area contributed by atoms with E-state index < -0.39 is 0 Å². The highest BCUT2D eigenvalue weighted by atomic mass is 16.5. The van der Waals surface area contributed by atoms with Crippen LogP contribution in [0.4, 0.5) is 0 Å². The zero-order chi connectivity index (χ0) is 13.3. The van der Waals surface area contributed by atoms with Gasteiger partial charge in [-0.3, -0.25) is 4.98 Å². The van der Waals surface area contributed by atoms with E-state index >= 15 is 0 Å². The molecule has 2 aliphatic rings. The molecule has 2 fully saturated rings. The second-order valence-electron chi connectivity index (χ2n) is 5.67. The summed E-state index contributed by atoms with van der Waals surface area (Å²) in [4.78, 5) is 4.21. The van der Waals surface area contributed by atoms with Crippen LogP contribution in [0.5, 0.6) is 5.75 Å². The third-order valence-corrected chi connectivity index (χ3v) is 4.82. The van der Waals surface area contributed by atoms with Gasteiger partial charge in [0.1, 0.15) is 5.75 Å². The topological polar surface area (TPSA) is 54.4 Å². The molecular formula is C15H22N2O2. The number of aromatic nitrogens is 1. The van der Waals surface area contributed by atoms with E-state index in [1.165, 1.54) is 19.3 Å². The lowest BCUT2D eigenvalue weighted by Gasteiger charge is -2.61. The molecule has 4 nitrogen and oxygen atoms in total. The van der Waals surface area contributed by atoms with Crippen molar-refractivity contribution in [3.05, 3.63) is 24.0 Å². The van der Waals surface area contributed by atoms with Gasteiger partial charge in [0.2, 0.25) is 0 Å². The summed E-state index contributed by atoms with van der Waals surface area (Å²) in [7, 11) is 0. The van der Waals surface area contributed by atoms with Crippen molar-refractivity contribution in [2.75, 3.05) is 6.61 Å². The molecule has 2 saturated carbocycles. The zero-order valence-electron chi connectivity index (χ0n) is 11.4. The average Bonchev–Trinajstić information content (AvgIpc) is 2.32. The molecule has 1 aromatic heterocycles. The Kier molecular flexibility index (Phi) is 3.46. The third kappa shape index (κ3) is 2.13. The molecule has 3 rings (SSSR count). The molecule has 1 spiro atoms. The Balaban J connectivity index is 1.58. The molecule has 0 aromatic carbocycles. The van der Waals surface area contributed by atoms with E-state index in [1.807, 2.05) is 0 Å². The summed E-state index contributed by atoms with van der Waals surface area (Å²) in [6.07, 6.45) is 7.09. The number of nitrogens with zero attached hydrogens (tertiary/aromatic N) is 1. The summed E-state index contributed by atoms with van der Waals surface area (Å²) in [5, 5.41) is 13.3. The van der Waals surface area contributed by atoms with Crippen LogP contribution in [0.15, 0.2) is 18.3 Å². The van der Waals surface area contributed by atoms with Crippen LogP contribution < -0.4 is 5.32 Å². The Morgan fingerprint density at radius 2 is 2.37 bits per heavy atom. The van der Waals surface area contributed by atoms with Gasteiger partial charge >= 0.3 is 0 Å². The summed E-state index contributed by atoms with van der Waals surface area (Å²) >= 11 is 0. The molecule has 104 valence electrons. The van der Waals surface area contributed by atoms with E-state index in [0.717, 1.165) is 18.7 Å². The molecule has 19 heavy (non-hydrogen) atoms. The highest BCUT2D eigenvalue weighted by Gasteiger charge is 2.58. The number of ether oxygens (including phenoxy) is 1. The van der Waals surface area contributed by atoms with Gasteiger partial charge in [0.15, 0.2) is 0 Å². The fourth-order valence-corrected chi connectivity index (χ4v) is 3.51. The van der Waals surface area contributed by atoms with Crippen molar-refractivity contribution in [1.82, 2.24) is 10.3 Å². The van der Waals surface area contributed by atoms with Crippen molar-refractivity contribution in [3.63, 3.8) is 0 Å². The molecule has 0 aliphatic heterocycles. The van der Waals surface area contributed by atoms with Crippen LogP contribution in [-0.2, 0) is 11.3 Å². The first-order chi connectivity index (χ1) is 9.26. The first-order valence-electron chi connectivity index (χ1n) is 7.24. The number of pyridine rings is 1. The predicted molar refractivity (Wildman–Crippen MR) is 72.8 cm³/mol. The minimum Gasteiger partial charge on any atom is -0.506 e. The van der Waals surface area contributed by atoms with Crippen LogP contribution in [-0.4, -0.2) is 28.8 Å². The normalized spacial score (nSPS) is 27.8. The lowest BCUT2D eigenvalue weighted by atomic mass is 9.51. The first-order valence-corrected chi connectivity index (χ1v) is 7.24. The van der Waals surface area contributed by atoms with E-state index in [1.54, 1.807) is 18.3 Å². The number of nitrogens with one attached hydrogen (secondary N) is 1. The first kappa shape index (κ1) is 12.9. The Labute approximate surface area is 114 Å². The fourth-order valence-electron chi connectivity index (χ4n) is 3.51. The van der Waals surface area contributed by atoms with Gasteiger partial charge in [0, 0.05) is 30.8 Å². The molecule has 2 aliphatic carbocycles. The molecule has 2 N–H and O–H groups in total. The van der Waals surface area contributed by atoms with Gasteiger partial charge in [0.05, 0.1) is 11.8 Å². The van der Waals surface area contributed by atoms with Gasteiger partial charge in [-0.25, -0.2) is 0 Å². The summed E-state index contributed by atoms with van der Waals surface area (Å²) in [5.74, 6) is 0.276. The van der Waals surface area contributed by atoms with Gasteiger partial charge in [-0.15, -0.1) is 0 Å². The molecule has 0 radical (unpaired) electrons. The van der Waals surface area contributed by atoms with Crippen molar-refractivity contribution < 1.29 is 9.84 Å². The van der Waals surface area contributed by atoms with Gasteiger partial charge in [-0.1, -0.05) is 6.42 Å². The minimum absolute atomic E-state index is 0.276. The molecule has 0 bridgehead atoms. The molecule has 2 atom stereocenters. The van der Waals surface area contributed by atoms with Crippen LogP contribution in [0.25, 0.3) is 0 Å². The molecule has 2 unspecified atom stereocenters. The monoisotopic (exact) mass is 262 g/mol. The molecule has 4 heteroatoms. The molecule has 0 amide bonds. The van der Waals surface area contributed by atoms with Gasteiger partial charge < -0.3 is 15.2 Å². The van der Waals surface area contributed by atoms with Crippen LogP contribution in [0.3, 0.4) is 0 Å². The van der Waals surface area contributed by atoms with Crippen molar-refractivity contribution in [2.24, 2.45) is 5.41 Å². The van der Waals surface area contributed by atoms with Crippen molar-refractivity contribution >= 4 is 0 Å². The smallest absolute Gasteiger partial charge is 0.138 e. The van der Waals surface area contributed by atoms with Crippen molar-refractivity contribution in [1.29, 1.82) is 0 Å². The second kappa shape index (κ2) is 5.10. The predicted octanol–water partition coefficient (Wildman–Crippen LogP) is 2.22. The van der Waals surface area contributed by atoms with Gasteiger partial charge in [0.25, 0.3) is 0 Å². The van der Waals surface area contributed by atoms with Crippen LogP contribution in [0.2, 0.25) is 0 Å². The van der Waals surface area contributed by atoms with Crippen LogP contribution in [0.1, 0.15) is 38.3 Å². The minimum atomic E-state index is 0.276. The van der Waals surface area contributed by atoms with Gasteiger partial charge in [-0.2, -0.15) is 0 Å². The lowest BCUT2D eigenvalue weighted by molar-refractivity contribution is -0.173. The Bertz CT molecular complexity index is 446. The number of hydrogen-bond donors (Lipinski definition) is 2. The molecule has 1 aromatic rings. The average molecular weight is 262 g/mol. The number of aromatic hydroxyl groups is 1. The summed E-state index contributed by atoms with van der Waals surface area (Å²) in [5.41, 5.74) is 1.09. The molecule has 1 heterocycles. The fraction of sp³-hybridized carbons (Fsp3) is 0.667. The number of hydrogen-bond acceptors (Lipinski definition) is 4. The summed E-state index contributed by atoms with van der Waals surface area (Å²) < 4.78 is 5.84. The highest BCUT2D eigenvalue weighted by Crippen LogP contribution is 2.57. The summed E-state index contributed by atoms with van der Waals surface area (Å²) in [6, 6.07) is 3.95. The maximum atomic E-state index is 9.72. The molecule has 0 saturated heterocycles. The zero-order valence-corrected chi connectivity index (χ0v) is 11.4. The maximum Gasteiger partial charge on any atom is 0.138 e. The van der Waals surface area contributed by atoms with Crippen molar-refractivity contribution in [3.8, 4) is 5.75 Å². The van der Waals surface area contributed by atoms with Crippen molar-refractivity contribution in [2.45, 2.75) is 51.3 Å². The largest absolute Gasteiger partial charge is 0.506 e. The SMILES string of the molecule is CCOC1CC(NCc2ncccc2O)C12CCC2. The lowest BCUT2D eigenvalue weighted by Crippen LogP contribution is -2.66. The quantitative estimate of drug-likeness (QED) is 0.854. The van der Waals surface area contributed by atoms with Gasteiger partial charge in [-0.05, 0) is 38.3 Å². The standard InChI is InChI=1S/C15H22N2O2/c1-2-19-14-9-13(15(14)6-4-7-15)17-10-11-12(18)5-3-8-16-11/h3,5,8,13-14,17-18H,2,4,6-7,9-10H2,1H3. The second-order valence-corrected chi connectivity index (χ2v) is 5.67. The van der Waals surface area contributed by atoms with E-state index in [2.05, 4.69) is 17.2 Å². The Morgan fingerprint density at radius 3 is 3.00 bits per heavy atom. The van der Waals surface area contributed by atoms with E-state index in [9.17, 15) is 5.11 Å². The highest BCUT2D eigenvalue weighted by molar-refractivity contribution is 5.25. The van der Waals surface area contributed by atoms with E-state index in [0.29, 0.717) is 24.1 Å².